The minimum absolute atomic E-state index is 0.329. The first-order valence-electron chi connectivity index (χ1n) is 8.66. The van der Waals surface area contributed by atoms with E-state index in [4.69, 9.17) is 14.7 Å². The minimum Gasteiger partial charge on any atom is -0.462 e. The molecule has 0 fully saturated rings. The average molecular weight is 354 g/mol. The summed E-state index contributed by atoms with van der Waals surface area (Å²) in [6.45, 7) is 2.11. The summed E-state index contributed by atoms with van der Waals surface area (Å²) in [7, 11) is 0. The van der Waals surface area contributed by atoms with Gasteiger partial charge in [0, 0.05) is 23.2 Å². The zero-order valence-electron chi connectivity index (χ0n) is 14.5. The Morgan fingerprint density at radius 1 is 0.852 bits per heavy atom. The first-order chi connectivity index (χ1) is 13.3. The molecule has 130 valence electrons. The molecular weight excluding hydrogens is 340 g/mol. The Morgan fingerprint density at radius 2 is 1.48 bits per heavy atom. The molecule has 0 saturated carbocycles. The van der Waals surface area contributed by atoms with Crippen LogP contribution in [0.15, 0.2) is 54.9 Å². The number of pyridine rings is 2. The molecule has 5 aromatic rings. The summed E-state index contributed by atoms with van der Waals surface area (Å²) >= 11 is 0. The van der Waals surface area contributed by atoms with E-state index in [9.17, 15) is 4.79 Å². The van der Waals surface area contributed by atoms with Crippen molar-refractivity contribution in [1.29, 1.82) is 0 Å². The molecular formula is C21H14N4O2. The van der Waals surface area contributed by atoms with Crippen molar-refractivity contribution < 1.29 is 9.53 Å². The summed E-state index contributed by atoms with van der Waals surface area (Å²) in [6.07, 6.45) is 3.50. The van der Waals surface area contributed by atoms with Crippen LogP contribution < -0.4 is 0 Å². The number of hydrogen-bond acceptors (Lipinski definition) is 6. The third kappa shape index (κ3) is 2.38. The van der Waals surface area contributed by atoms with Crippen molar-refractivity contribution >= 4 is 49.8 Å². The van der Waals surface area contributed by atoms with E-state index < -0.39 is 0 Å². The zero-order valence-corrected chi connectivity index (χ0v) is 14.5. The molecule has 0 radical (unpaired) electrons. The molecule has 6 nitrogen and oxygen atoms in total. The highest BCUT2D eigenvalue weighted by atomic mass is 16.5. The Hall–Kier alpha value is -3.67. The van der Waals surface area contributed by atoms with Crippen LogP contribution in [0.2, 0.25) is 0 Å². The normalized spacial score (nSPS) is 11.4. The molecule has 0 N–H and O–H groups in total. The lowest BCUT2D eigenvalue weighted by Crippen LogP contribution is -2.04. The fraction of sp³-hybridized carbons (Fsp3) is 0.0952. The van der Waals surface area contributed by atoms with Crippen LogP contribution >= 0.6 is 0 Å². The molecule has 0 amide bonds. The van der Waals surface area contributed by atoms with E-state index in [1.54, 1.807) is 37.5 Å². The summed E-state index contributed by atoms with van der Waals surface area (Å²) in [5, 5.41) is 1.79. The molecule has 0 aliphatic carbocycles. The predicted molar refractivity (Wildman–Crippen MR) is 104 cm³/mol. The second kappa shape index (κ2) is 5.95. The van der Waals surface area contributed by atoms with Crippen LogP contribution in [0.3, 0.4) is 0 Å². The highest BCUT2D eigenvalue weighted by Gasteiger charge is 2.15. The third-order valence-corrected chi connectivity index (χ3v) is 4.53. The van der Waals surface area contributed by atoms with Gasteiger partial charge in [0.25, 0.3) is 0 Å². The van der Waals surface area contributed by atoms with E-state index in [0.717, 1.165) is 32.8 Å². The van der Waals surface area contributed by atoms with Crippen LogP contribution in [-0.4, -0.2) is 32.5 Å². The van der Waals surface area contributed by atoms with Crippen LogP contribution in [0.4, 0.5) is 0 Å². The number of carbonyl (C=O) groups excluding carboxylic acids is 1. The van der Waals surface area contributed by atoms with E-state index in [1.807, 2.05) is 24.3 Å². The summed E-state index contributed by atoms with van der Waals surface area (Å²) in [6, 6.07) is 12.9. The number of benzene rings is 2. The maximum atomic E-state index is 12.1. The average Bonchev–Trinajstić information content (AvgIpc) is 2.72. The second-order valence-corrected chi connectivity index (χ2v) is 6.14. The summed E-state index contributed by atoms with van der Waals surface area (Å²) in [4.78, 5) is 30.7. The molecule has 0 unspecified atom stereocenters. The molecule has 27 heavy (non-hydrogen) atoms. The standard InChI is InChI=1S/C21H14N4O2/c1-2-27-21(26)12-7-8-15-16(11-12)25-20-14-6-4-10-23-18(14)17-13(19(20)24-15)5-3-9-22-17/h3-11H,2H2,1H3. The number of ether oxygens (including phenoxy) is 1. The molecule has 0 aliphatic heterocycles. The SMILES string of the molecule is CCOC(=O)c1ccc2nc3c4cccnc4c4ncccc4c3nc2c1. The highest BCUT2D eigenvalue weighted by molar-refractivity contribution is 6.21. The maximum absolute atomic E-state index is 12.1. The van der Waals surface area contributed by atoms with Crippen molar-refractivity contribution in [3.05, 3.63) is 60.4 Å². The van der Waals surface area contributed by atoms with Crippen LogP contribution in [0, 0.1) is 0 Å². The molecule has 3 heterocycles. The smallest absolute Gasteiger partial charge is 0.338 e. The molecule has 0 saturated heterocycles. The zero-order chi connectivity index (χ0) is 18.4. The van der Waals surface area contributed by atoms with Gasteiger partial charge in [-0.05, 0) is 49.4 Å². The Bertz CT molecular complexity index is 1360. The highest BCUT2D eigenvalue weighted by Crippen LogP contribution is 2.31. The minimum atomic E-state index is -0.365. The van der Waals surface area contributed by atoms with Crippen molar-refractivity contribution in [2.45, 2.75) is 6.92 Å². The number of rotatable bonds is 2. The van der Waals surface area contributed by atoms with Crippen LogP contribution in [0.5, 0.6) is 0 Å². The molecule has 0 bridgehead atoms. The van der Waals surface area contributed by atoms with Gasteiger partial charge in [0.05, 0.1) is 45.3 Å². The third-order valence-electron chi connectivity index (χ3n) is 4.53. The number of hydrogen-bond donors (Lipinski definition) is 0. The predicted octanol–water partition coefficient (Wildman–Crippen LogP) is 4.06. The molecule has 5 rings (SSSR count). The first kappa shape index (κ1) is 15.6. The number of esters is 1. The van der Waals surface area contributed by atoms with Gasteiger partial charge < -0.3 is 4.74 Å². The van der Waals surface area contributed by atoms with E-state index in [-0.39, 0.29) is 5.97 Å². The largest absolute Gasteiger partial charge is 0.462 e. The van der Waals surface area contributed by atoms with Gasteiger partial charge in [-0.2, -0.15) is 0 Å². The van der Waals surface area contributed by atoms with Gasteiger partial charge in [0.15, 0.2) is 0 Å². The monoisotopic (exact) mass is 354 g/mol. The van der Waals surface area contributed by atoms with E-state index in [2.05, 4.69) is 9.97 Å². The Kier molecular flexibility index (Phi) is 3.43. The molecule has 2 aromatic carbocycles. The van der Waals surface area contributed by atoms with Crippen molar-refractivity contribution in [3.63, 3.8) is 0 Å². The second-order valence-electron chi connectivity index (χ2n) is 6.14. The molecule has 6 heteroatoms. The molecule has 0 aliphatic rings. The summed E-state index contributed by atoms with van der Waals surface area (Å²) < 4.78 is 5.09. The molecule has 0 spiro atoms. The van der Waals surface area contributed by atoms with Gasteiger partial charge in [0.1, 0.15) is 0 Å². The van der Waals surface area contributed by atoms with Gasteiger partial charge >= 0.3 is 5.97 Å². The van der Waals surface area contributed by atoms with E-state index in [1.165, 1.54) is 0 Å². The van der Waals surface area contributed by atoms with Crippen molar-refractivity contribution in [2.75, 3.05) is 6.61 Å². The van der Waals surface area contributed by atoms with Crippen LogP contribution in [0.1, 0.15) is 17.3 Å². The van der Waals surface area contributed by atoms with Gasteiger partial charge in [-0.15, -0.1) is 0 Å². The Labute approximate surface area is 153 Å². The number of nitrogens with zero attached hydrogens (tertiary/aromatic N) is 4. The van der Waals surface area contributed by atoms with E-state index >= 15 is 0 Å². The Morgan fingerprint density at radius 3 is 2.11 bits per heavy atom. The molecule has 0 atom stereocenters. The number of aromatic nitrogens is 4. The number of carbonyl (C=O) groups is 1. The van der Waals surface area contributed by atoms with Gasteiger partial charge in [-0.3, -0.25) is 9.97 Å². The van der Waals surface area contributed by atoms with Crippen LogP contribution in [-0.2, 0) is 4.74 Å². The topological polar surface area (TPSA) is 77.9 Å². The fourth-order valence-corrected chi connectivity index (χ4v) is 3.34. The first-order valence-corrected chi connectivity index (χ1v) is 8.66. The lowest BCUT2D eigenvalue weighted by Gasteiger charge is -2.09. The van der Waals surface area contributed by atoms with Gasteiger partial charge in [-0.25, -0.2) is 14.8 Å². The lowest BCUT2D eigenvalue weighted by atomic mass is 10.1. The van der Waals surface area contributed by atoms with Gasteiger partial charge in [0.2, 0.25) is 0 Å². The van der Waals surface area contributed by atoms with Crippen molar-refractivity contribution in [2.24, 2.45) is 0 Å². The lowest BCUT2D eigenvalue weighted by molar-refractivity contribution is 0.0526. The quantitative estimate of drug-likeness (QED) is 0.270. The molecule has 3 aromatic heterocycles. The fourth-order valence-electron chi connectivity index (χ4n) is 3.34. The summed E-state index contributed by atoms with van der Waals surface area (Å²) in [5.41, 5.74) is 4.92. The van der Waals surface area contributed by atoms with Crippen molar-refractivity contribution in [1.82, 2.24) is 19.9 Å². The van der Waals surface area contributed by atoms with E-state index in [0.29, 0.717) is 23.2 Å². The maximum Gasteiger partial charge on any atom is 0.338 e. The number of fused-ring (bicyclic) bond motifs is 7. The van der Waals surface area contributed by atoms with Gasteiger partial charge in [-0.1, -0.05) is 0 Å². The Balaban J connectivity index is 1.91. The van der Waals surface area contributed by atoms with Crippen LogP contribution in [0.25, 0.3) is 43.9 Å². The summed E-state index contributed by atoms with van der Waals surface area (Å²) in [5.74, 6) is -0.365. The van der Waals surface area contributed by atoms with Crippen molar-refractivity contribution in [3.8, 4) is 0 Å².